The first-order valence-corrected chi connectivity index (χ1v) is 7.06. The van der Waals surface area contributed by atoms with Crippen molar-refractivity contribution in [1.29, 1.82) is 0 Å². The first-order valence-electron chi connectivity index (χ1n) is 7.06. The predicted octanol–water partition coefficient (Wildman–Crippen LogP) is 3.47. The maximum Gasteiger partial charge on any atom is 0.230 e. The highest BCUT2D eigenvalue weighted by Crippen LogP contribution is 2.16. The van der Waals surface area contributed by atoms with Gasteiger partial charge < -0.3 is 5.32 Å². The molecule has 7 heteroatoms. The molecule has 3 aromatic rings. The molecule has 0 aliphatic carbocycles. The normalized spacial score (nSPS) is 10.6. The smallest absolute Gasteiger partial charge is 0.230 e. The monoisotopic (exact) mass is 331 g/mol. The lowest BCUT2D eigenvalue weighted by Crippen LogP contribution is -2.16. The Labute approximate surface area is 135 Å². The third kappa shape index (κ3) is 3.62. The fourth-order valence-electron chi connectivity index (χ4n) is 2.15. The van der Waals surface area contributed by atoms with Crippen LogP contribution >= 0.6 is 0 Å². The molecule has 0 saturated carbocycles. The van der Waals surface area contributed by atoms with Crippen LogP contribution in [0.15, 0.2) is 54.7 Å². The van der Waals surface area contributed by atoms with E-state index in [9.17, 15) is 18.0 Å². The first-order chi connectivity index (χ1) is 11.5. The van der Waals surface area contributed by atoms with Crippen LogP contribution in [0, 0.1) is 17.5 Å². The minimum atomic E-state index is -0.721. The van der Waals surface area contributed by atoms with Crippen molar-refractivity contribution in [1.82, 2.24) is 9.78 Å². The summed E-state index contributed by atoms with van der Waals surface area (Å²) in [6.07, 6.45) is 1.52. The zero-order chi connectivity index (χ0) is 17.1. The van der Waals surface area contributed by atoms with Gasteiger partial charge in [0.15, 0.2) is 0 Å². The molecule has 122 valence electrons. The van der Waals surface area contributed by atoms with E-state index in [1.807, 2.05) is 0 Å². The SMILES string of the molecule is O=C(Cc1ccn(-c2ccc(F)cc2)n1)Nc1cc(F)ccc1F. The van der Waals surface area contributed by atoms with Gasteiger partial charge in [0.1, 0.15) is 17.5 Å². The standard InChI is InChI=1S/C17H12F3N3O/c18-11-1-4-14(5-2-11)23-8-7-13(22-23)10-17(24)21-16-9-12(19)3-6-15(16)20/h1-9H,10H2,(H,21,24). The van der Waals surface area contributed by atoms with Crippen molar-refractivity contribution in [3.05, 3.63) is 77.9 Å². The van der Waals surface area contributed by atoms with Crippen LogP contribution in [0.1, 0.15) is 5.69 Å². The second-order valence-corrected chi connectivity index (χ2v) is 5.08. The van der Waals surface area contributed by atoms with Gasteiger partial charge in [-0.1, -0.05) is 0 Å². The molecule has 2 aromatic carbocycles. The van der Waals surface area contributed by atoms with Gasteiger partial charge in [-0.15, -0.1) is 0 Å². The van der Waals surface area contributed by atoms with Crippen LogP contribution in [0.4, 0.5) is 18.9 Å². The molecule has 0 aliphatic heterocycles. The lowest BCUT2D eigenvalue weighted by atomic mass is 10.2. The number of rotatable bonds is 4. The fraction of sp³-hybridized carbons (Fsp3) is 0.0588. The van der Waals surface area contributed by atoms with Crippen molar-refractivity contribution >= 4 is 11.6 Å². The van der Waals surface area contributed by atoms with Gasteiger partial charge in [0.05, 0.1) is 23.5 Å². The number of carbonyl (C=O) groups excluding carboxylic acids is 1. The highest BCUT2D eigenvalue weighted by atomic mass is 19.1. The van der Waals surface area contributed by atoms with E-state index in [-0.39, 0.29) is 17.9 Å². The molecular weight excluding hydrogens is 319 g/mol. The number of anilines is 1. The van der Waals surface area contributed by atoms with E-state index in [1.54, 1.807) is 24.4 Å². The number of hydrogen-bond donors (Lipinski definition) is 1. The number of hydrogen-bond acceptors (Lipinski definition) is 2. The molecule has 0 fully saturated rings. The molecule has 1 N–H and O–H groups in total. The molecule has 0 bridgehead atoms. The molecule has 3 rings (SSSR count). The summed E-state index contributed by atoms with van der Waals surface area (Å²) < 4.78 is 41.0. The summed E-state index contributed by atoms with van der Waals surface area (Å²) in [5.41, 5.74) is 0.853. The summed E-state index contributed by atoms with van der Waals surface area (Å²) in [5, 5.41) is 6.50. The Morgan fingerprint density at radius 2 is 1.71 bits per heavy atom. The largest absolute Gasteiger partial charge is 0.323 e. The molecule has 0 radical (unpaired) electrons. The first kappa shape index (κ1) is 15.8. The number of carbonyl (C=O) groups is 1. The van der Waals surface area contributed by atoms with E-state index in [4.69, 9.17) is 0 Å². The Bertz CT molecular complexity index is 875. The second kappa shape index (κ2) is 6.57. The van der Waals surface area contributed by atoms with Crippen molar-refractivity contribution in [2.45, 2.75) is 6.42 Å². The second-order valence-electron chi connectivity index (χ2n) is 5.08. The molecule has 0 saturated heterocycles. The number of halogens is 3. The Morgan fingerprint density at radius 3 is 2.46 bits per heavy atom. The molecule has 1 aromatic heterocycles. The molecule has 1 heterocycles. The maximum atomic E-state index is 13.5. The third-order valence-corrected chi connectivity index (χ3v) is 3.28. The van der Waals surface area contributed by atoms with Crippen LogP contribution in [0.5, 0.6) is 0 Å². The van der Waals surface area contributed by atoms with E-state index in [0.717, 1.165) is 18.2 Å². The highest BCUT2D eigenvalue weighted by molar-refractivity contribution is 5.92. The van der Waals surface area contributed by atoms with Crippen LogP contribution in [0.25, 0.3) is 5.69 Å². The van der Waals surface area contributed by atoms with Crippen LogP contribution in [-0.2, 0) is 11.2 Å². The molecule has 1 amide bonds. The number of amides is 1. The van der Waals surface area contributed by atoms with Gasteiger partial charge >= 0.3 is 0 Å². The van der Waals surface area contributed by atoms with Crippen molar-refractivity contribution in [2.75, 3.05) is 5.32 Å². The Kier molecular flexibility index (Phi) is 4.33. The van der Waals surface area contributed by atoms with Crippen LogP contribution in [0.3, 0.4) is 0 Å². The lowest BCUT2D eigenvalue weighted by molar-refractivity contribution is -0.115. The Morgan fingerprint density at radius 1 is 1.00 bits per heavy atom. The molecule has 24 heavy (non-hydrogen) atoms. The van der Waals surface area contributed by atoms with E-state index in [2.05, 4.69) is 10.4 Å². The van der Waals surface area contributed by atoms with Crippen LogP contribution in [0.2, 0.25) is 0 Å². The Balaban J connectivity index is 1.69. The Hall–Kier alpha value is -3.09. The number of nitrogens with zero attached hydrogens (tertiary/aromatic N) is 2. The minimum absolute atomic E-state index is 0.107. The zero-order valence-electron chi connectivity index (χ0n) is 12.3. The zero-order valence-corrected chi connectivity index (χ0v) is 12.3. The average molecular weight is 331 g/mol. The number of nitrogens with one attached hydrogen (secondary N) is 1. The van der Waals surface area contributed by atoms with E-state index >= 15 is 0 Å². The van der Waals surface area contributed by atoms with E-state index < -0.39 is 17.5 Å². The van der Waals surface area contributed by atoms with Gasteiger partial charge in [0, 0.05) is 12.3 Å². The summed E-state index contributed by atoms with van der Waals surface area (Å²) in [6.45, 7) is 0. The summed E-state index contributed by atoms with van der Waals surface area (Å²) in [5.74, 6) is -2.25. The average Bonchev–Trinajstić information content (AvgIpc) is 3.00. The van der Waals surface area contributed by atoms with Crippen molar-refractivity contribution in [2.24, 2.45) is 0 Å². The highest BCUT2D eigenvalue weighted by Gasteiger charge is 2.11. The van der Waals surface area contributed by atoms with Gasteiger partial charge in [0.2, 0.25) is 5.91 Å². The van der Waals surface area contributed by atoms with Crippen molar-refractivity contribution < 1.29 is 18.0 Å². The molecular formula is C17H12F3N3O. The van der Waals surface area contributed by atoms with E-state index in [0.29, 0.717) is 11.4 Å². The summed E-state index contributed by atoms with van der Waals surface area (Å²) in [6, 6.07) is 10.1. The molecule has 0 unspecified atom stereocenters. The van der Waals surface area contributed by atoms with E-state index in [1.165, 1.54) is 16.8 Å². The summed E-state index contributed by atoms with van der Waals surface area (Å²) in [4.78, 5) is 11.9. The third-order valence-electron chi connectivity index (χ3n) is 3.28. The quantitative estimate of drug-likeness (QED) is 0.796. The van der Waals surface area contributed by atoms with Crippen LogP contribution < -0.4 is 5.32 Å². The minimum Gasteiger partial charge on any atom is -0.323 e. The molecule has 0 spiro atoms. The van der Waals surface area contributed by atoms with Crippen LogP contribution in [-0.4, -0.2) is 15.7 Å². The number of benzene rings is 2. The number of aromatic nitrogens is 2. The van der Waals surface area contributed by atoms with Gasteiger partial charge in [-0.25, -0.2) is 17.9 Å². The van der Waals surface area contributed by atoms with Crippen molar-refractivity contribution in [3.8, 4) is 5.69 Å². The summed E-state index contributed by atoms with van der Waals surface area (Å²) in [7, 11) is 0. The topological polar surface area (TPSA) is 46.9 Å². The van der Waals surface area contributed by atoms with Gasteiger partial charge in [-0.2, -0.15) is 5.10 Å². The maximum absolute atomic E-state index is 13.5. The fourth-order valence-corrected chi connectivity index (χ4v) is 2.15. The molecule has 0 atom stereocenters. The van der Waals surface area contributed by atoms with Gasteiger partial charge in [-0.05, 0) is 42.5 Å². The van der Waals surface area contributed by atoms with Gasteiger partial charge in [-0.3, -0.25) is 4.79 Å². The molecule has 0 aliphatic rings. The lowest BCUT2D eigenvalue weighted by Gasteiger charge is -2.05. The predicted molar refractivity (Wildman–Crippen MR) is 82.2 cm³/mol. The molecule has 4 nitrogen and oxygen atoms in total. The van der Waals surface area contributed by atoms with Gasteiger partial charge in [0.25, 0.3) is 0 Å². The van der Waals surface area contributed by atoms with Crippen molar-refractivity contribution in [3.63, 3.8) is 0 Å². The summed E-state index contributed by atoms with van der Waals surface area (Å²) >= 11 is 0.